The maximum Gasteiger partial charge on any atom is 0.316 e. The molecule has 0 heterocycles. The molecule has 0 unspecified atom stereocenters. The molecule has 1 fully saturated rings. The minimum absolute atomic E-state index is 0.204. The fraction of sp³-hybridized carbons (Fsp3) is 0.462. The third kappa shape index (κ3) is 1.89. The van der Waals surface area contributed by atoms with Crippen LogP contribution in [0.25, 0.3) is 0 Å². The molecule has 1 aliphatic carbocycles. The lowest BCUT2D eigenvalue weighted by molar-refractivity contribution is -0.151. The molecule has 0 aliphatic heterocycles. The van der Waals surface area contributed by atoms with Gasteiger partial charge < -0.3 is 9.47 Å². The van der Waals surface area contributed by atoms with E-state index in [1.54, 1.807) is 25.3 Å². The molecular formula is C13H15ClO3. The number of carbonyl (C=O) groups is 1. The second kappa shape index (κ2) is 4.57. The van der Waals surface area contributed by atoms with Gasteiger partial charge in [-0.25, -0.2) is 0 Å². The zero-order chi connectivity index (χ0) is 12.5. The molecule has 1 saturated carbocycles. The van der Waals surface area contributed by atoms with Crippen LogP contribution >= 0.6 is 11.6 Å². The average molecular weight is 255 g/mol. The van der Waals surface area contributed by atoms with Crippen molar-refractivity contribution >= 4 is 17.6 Å². The van der Waals surface area contributed by atoms with Crippen molar-refractivity contribution in [1.29, 1.82) is 0 Å². The second-order valence-electron chi connectivity index (χ2n) is 4.27. The van der Waals surface area contributed by atoms with Crippen LogP contribution in [0.3, 0.4) is 0 Å². The minimum Gasteiger partial charge on any atom is -0.496 e. The molecule has 0 saturated heterocycles. The average Bonchev–Trinajstić information content (AvgIpc) is 2.27. The van der Waals surface area contributed by atoms with Gasteiger partial charge in [0.25, 0.3) is 0 Å². The molecule has 0 atom stereocenters. The van der Waals surface area contributed by atoms with E-state index in [0.717, 1.165) is 24.8 Å². The largest absolute Gasteiger partial charge is 0.496 e. The Balaban J connectivity index is 2.50. The molecule has 0 bridgehead atoms. The van der Waals surface area contributed by atoms with E-state index in [4.69, 9.17) is 21.1 Å². The first-order valence-corrected chi connectivity index (χ1v) is 5.94. The minimum atomic E-state index is -0.564. The van der Waals surface area contributed by atoms with Crippen molar-refractivity contribution in [3.05, 3.63) is 28.8 Å². The van der Waals surface area contributed by atoms with Crippen molar-refractivity contribution in [2.24, 2.45) is 0 Å². The summed E-state index contributed by atoms with van der Waals surface area (Å²) in [6, 6.07) is 5.35. The molecule has 1 aromatic rings. The van der Waals surface area contributed by atoms with Gasteiger partial charge in [0.1, 0.15) is 5.75 Å². The highest BCUT2D eigenvalue weighted by atomic mass is 35.5. The van der Waals surface area contributed by atoms with E-state index in [1.165, 1.54) is 7.11 Å². The Morgan fingerprint density at radius 2 is 2.06 bits per heavy atom. The molecule has 92 valence electrons. The van der Waals surface area contributed by atoms with Gasteiger partial charge in [-0.15, -0.1) is 0 Å². The van der Waals surface area contributed by atoms with Gasteiger partial charge in [-0.3, -0.25) is 4.79 Å². The van der Waals surface area contributed by atoms with E-state index in [0.29, 0.717) is 10.8 Å². The summed E-state index contributed by atoms with van der Waals surface area (Å²) in [6.45, 7) is 0. The Labute approximate surface area is 106 Å². The number of hydrogen-bond acceptors (Lipinski definition) is 3. The Morgan fingerprint density at radius 3 is 2.53 bits per heavy atom. The SMILES string of the molecule is COC(=O)C1(c2cc(Cl)ccc2OC)CCC1. The van der Waals surface area contributed by atoms with Gasteiger partial charge >= 0.3 is 5.97 Å². The standard InChI is InChI=1S/C13H15ClO3/c1-16-11-5-4-9(14)8-10(11)13(6-3-7-13)12(15)17-2/h4-5,8H,3,6-7H2,1-2H3. The van der Waals surface area contributed by atoms with Crippen LogP contribution in [0.2, 0.25) is 5.02 Å². The van der Waals surface area contributed by atoms with Gasteiger partial charge in [0.15, 0.2) is 0 Å². The lowest BCUT2D eigenvalue weighted by atomic mass is 9.64. The Bertz CT molecular complexity index is 438. The molecule has 17 heavy (non-hydrogen) atoms. The summed E-state index contributed by atoms with van der Waals surface area (Å²) in [5, 5.41) is 0.607. The third-order valence-electron chi connectivity index (χ3n) is 3.46. The number of carbonyl (C=O) groups excluding carboxylic acids is 1. The highest BCUT2D eigenvalue weighted by Gasteiger charge is 2.48. The van der Waals surface area contributed by atoms with Crippen LogP contribution in [-0.2, 0) is 14.9 Å². The molecule has 0 spiro atoms. The van der Waals surface area contributed by atoms with Gasteiger partial charge in [-0.05, 0) is 31.0 Å². The number of ether oxygens (including phenoxy) is 2. The molecule has 0 amide bonds. The van der Waals surface area contributed by atoms with Gasteiger partial charge in [-0.2, -0.15) is 0 Å². The fourth-order valence-electron chi connectivity index (χ4n) is 2.36. The summed E-state index contributed by atoms with van der Waals surface area (Å²) < 4.78 is 10.2. The monoisotopic (exact) mass is 254 g/mol. The molecule has 1 aliphatic rings. The van der Waals surface area contributed by atoms with Crippen LogP contribution in [0, 0.1) is 0 Å². The van der Waals surface area contributed by atoms with Crippen LogP contribution in [0.1, 0.15) is 24.8 Å². The summed E-state index contributed by atoms with van der Waals surface area (Å²) in [6.07, 6.45) is 2.59. The molecular weight excluding hydrogens is 240 g/mol. The predicted octanol–water partition coefficient (Wildman–Crippen LogP) is 2.94. The summed E-state index contributed by atoms with van der Waals surface area (Å²) in [7, 11) is 3.01. The Morgan fingerprint density at radius 1 is 1.35 bits per heavy atom. The highest BCUT2D eigenvalue weighted by molar-refractivity contribution is 6.30. The first kappa shape index (κ1) is 12.2. The molecule has 1 aromatic carbocycles. The number of halogens is 1. The van der Waals surface area contributed by atoms with Crippen LogP contribution in [0.5, 0.6) is 5.75 Å². The molecule has 3 nitrogen and oxygen atoms in total. The van der Waals surface area contributed by atoms with Gasteiger partial charge in [0.05, 0.1) is 19.6 Å². The normalized spacial score (nSPS) is 17.1. The molecule has 0 radical (unpaired) electrons. The summed E-state index contributed by atoms with van der Waals surface area (Å²) in [5.74, 6) is 0.490. The van der Waals surface area contributed by atoms with E-state index in [-0.39, 0.29) is 5.97 Å². The van der Waals surface area contributed by atoms with Gasteiger partial charge in [-0.1, -0.05) is 18.0 Å². The Kier molecular flexibility index (Phi) is 3.29. The van der Waals surface area contributed by atoms with Crippen molar-refractivity contribution < 1.29 is 14.3 Å². The predicted molar refractivity (Wildman–Crippen MR) is 65.5 cm³/mol. The van der Waals surface area contributed by atoms with Crippen LogP contribution in [-0.4, -0.2) is 20.2 Å². The first-order chi connectivity index (χ1) is 8.14. The smallest absolute Gasteiger partial charge is 0.316 e. The van der Waals surface area contributed by atoms with E-state index >= 15 is 0 Å². The van der Waals surface area contributed by atoms with Crippen molar-refractivity contribution in [1.82, 2.24) is 0 Å². The summed E-state index contributed by atoms with van der Waals surface area (Å²) >= 11 is 6.00. The number of esters is 1. The van der Waals surface area contributed by atoms with Crippen molar-refractivity contribution in [2.45, 2.75) is 24.7 Å². The molecule has 0 aromatic heterocycles. The second-order valence-corrected chi connectivity index (χ2v) is 4.71. The Hall–Kier alpha value is -1.22. The maximum atomic E-state index is 12.0. The third-order valence-corrected chi connectivity index (χ3v) is 3.70. The zero-order valence-electron chi connectivity index (χ0n) is 9.96. The van der Waals surface area contributed by atoms with E-state index in [1.807, 2.05) is 0 Å². The summed E-state index contributed by atoms with van der Waals surface area (Å²) in [4.78, 5) is 12.0. The molecule has 2 rings (SSSR count). The van der Waals surface area contributed by atoms with E-state index in [9.17, 15) is 4.79 Å². The highest BCUT2D eigenvalue weighted by Crippen LogP contribution is 2.48. The maximum absolute atomic E-state index is 12.0. The van der Waals surface area contributed by atoms with Gasteiger partial charge in [0.2, 0.25) is 0 Å². The number of hydrogen-bond donors (Lipinski definition) is 0. The first-order valence-electron chi connectivity index (χ1n) is 5.56. The van der Waals surface area contributed by atoms with E-state index in [2.05, 4.69) is 0 Å². The lowest BCUT2D eigenvalue weighted by Gasteiger charge is -2.40. The topological polar surface area (TPSA) is 35.5 Å². The number of methoxy groups -OCH3 is 2. The molecule has 0 N–H and O–H groups in total. The lowest BCUT2D eigenvalue weighted by Crippen LogP contribution is -2.43. The van der Waals surface area contributed by atoms with Crippen molar-refractivity contribution in [3.63, 3.8) is 0 Å². The van der Waals surface area contributed by atoms with Crippen LogP contribution in [0.15, 0.2) is 18.2 Å². The summed E-state index contributed by atoms with van der Waals surface area (Å²) in [5.41, 5.74) is 0.274. The number of benzene rings is 1. The fourth-order valence-corrected chi connectivity index (χ4v) is 2.54. The van der Waals surface area contributed by atoms with E-state index < -0.39 is 5.41 Å². The van der Waals surface area contributed by atoms with Crippen molar-refractivity contribution in [2.75, 3.05) is 14.2 Å². The number of rotatable bonds is 3. The quantitative estimate of drug-likeness (QED) is 0.778. The van der Waals surface area contributed by atoms with Gasteiger partial charge in [0, 0.05) is 10.6 Å². The zero-order valence-corrected chi connectivity index (χ0v) is 10.7. The molecule has 4 heteroatoms. The van der Waals surface area contributed by atoms with Crippen molar-refractivity contribution in [3.8, 4) is 5.75 Å². The van der Waals surface area contributed by atoms with Crippen LogP contribution < -0.4 is 4.74 Å². The van der Waals surface area contributed by atoms with Crippen LogP contribution in [0.4, 0.5) is 0 Å².